The number of esters is 1. The van der Waals surface area contributed by atoms with Gasteiger partial charge in [0.15, 0.2) is 0 Å². The van der Waals surface area contributed by atoms with E-state index in [0.29, 0.717) is 18.8 Å². The van der Waals surface area contributed by atoms with Crippen molar-refractivity contribution in [2.75, 3.05) is 18.6 Å². The average molecular weight is 247 g/mol. The van der Waals surface area contributed by atoms with Crippen LogP contribution in [0.5, 0.6) is 0 Å². The third-order valence-electron chi connectivity index (χ3n) is 2.93. The van der Waals surface area contributed by atoms with Crippen molar-refractivity contribution in [3.05, 3.63) is 11.8 Å². The standard InChI is InChI=1S/C12H13N3O3/c1-4-8-5-10(16)15(7-8)11-9(12(17)18-3)6-13-14(11)2/h1,6,8H,5,7H2,2-3H3. The largest absolute Gasteiger partial charge is 0.465 e. The first-order chi connectivity index (χ1) is 8.58. The minimum atomic E-state index is -0.518. The lowest BCUT2D eigenvalue weighted by atomic mass is 10.1. The van der Waals surface area contributed by atoms with Gasteiger partial charge in [-0.3, -0.25) is 14.4 Å². The fourth-order valence-corrected chi connectivity index (χ4v) is 2.03. The molecular weight excluding hydrogens is 234 g/mol. The summed E-state index contributed by atoms with van der Waals surface area (Å²) in [7, 11) is 2.95. The lowest BCUT2D eigenvalue weighted by Crippen LogP contribution is -2.28. The van der Waals surface area contributed by atoms with Crippen molar-refractivity contribution in [3.8, 4) is 12.3 Å². The molecule has 1 aliphatic rings. The number of amides is 1. The highest BCUT2D eigenvalue weighted by Crippen LogP contribution is 2.27. The summed E-state index contributed by atoms with van der Waals surface area (Å²) in [6.07, 6.45) is 7.01. The van der Waals surface area contributed by atoms with Crippen LogP contribution in [0.3, 0.4) is 0 Å². The Hall–Kier alpha value is -2.29. The van der Waals surface area contributed by atoms with Crippen LogP contribution in [0.25, 0.3) is 0 Å². The molecule has 2 heterocycles. The predicted octanol–water partition coefficient (Wildman–Crippen LogP) is 0.193. The van der Waals surface area contributed by atoms with Gasteiger partial charge in [-0.05, 0) is 0 Å². The molecule has 18 heavy (non-hydrogen) atoms. The first-order valence-electron chi connectivity index (χ1n) is 5.45. The van der Waals surface area contributed by atoms with E-state index in [1.54, 1.807) is 7.05 Å². The monoisotopic (exact) mass is 247 g/mol. The Morgan fingerprint density at radius 3 is 2.94 bits per heavy atom. The Bertz CT molecular complexity index is 541. The van der Waals surface area contributed by atoms with Crippen molar-refractivity contribution in [1.82, 2.24) is 9.78 Å². The minimum absolute atomic E-state index is 0.105. The van der Waals surface area contributed by atoms with E-state index in [0.717, 1.165) is 0 Å². The molecule has 0 bridgehead atoms. The van der Waals surface area contributed by atoms with E-state index in [1.807, 2.05) is 0 Å². The number of nitrogens with zero attached hydrogens (tertiary/aromatic N) is 3. The second kappa shape index (κ2) is 4.53. The number of hydrogen-bond acceptors (Lipinski definition) is 4. The lowest BCUT2D eigenvalue weighted by molar-refractivity contribution is -0.117. The zero-order valence-corrected chi connectivity index (χ0v) is 10.2. The molecule has 1 fully saturated rings. The smallest absolute Gasteiger partial charge is 0.343 e. The van der Waals surface area contributed by atoms with E-state index in [1.165, 1.54) is 22.9 Å². The van der Waals surface area contributed by atoms with E-state index in [4.69, 9.17) is 6.42 Å². The molecule has 6 nitrogen and oxygen atoms in total. The first-order valence-corrected chi connectivity index (χ1v) is 5.45. The van der Waals surface area contributed by atoms with Crippen molar-refractivity contribution in [1.29, 1.82) is 0 Å². The zero-order valence-electron chi connectivity index (χ0n) is 10.2. The third kappa shape index (κ3) is 1.84. The SMILES string of the molecule is C#CC1CC(=O)N(c2c(C(=O)OC)cnn2C)C1. The molecule has 94 valence electrons. The van der Waals surface area contributed by atoms with Gasteiger partial charge in [-0.15, -0.1) is 12.3 Å². The number of carbonyl (C=O) groups is 2. The van der Waals surface area contributed by atoms with Crippen molar-refractivity contribution >= 4 is 17.7 Å². The van der Waals surface area contributed by atoms with Crippen LogP contribution in [0.4, 0.5) is 5.82 Å². The minimum Gasteiger partial charge on any atom is -0.465 e. The van der Waals surface area contributed by atoms with Crippen LogP contribution in [-0.4, -0.2) is 35.3 Å². The molecule has 0 aliphatic carbocycles. The van der Waals surface area contributed by atoms with Crippen LogP contribution >= 0.6 is 0 Å². The number of ether oxygens (including phenoxy) is 1. The molecule has 1 aliphatic heterocycles. The van der Waals surface area contributed by atoms with E-state index in [9.17, 15) is 9.59 Å². The summed E-state index contributed by atoms with van der Waals surface area (Å²) < 4.78 is 6.14. The maximum atomic E-state index is 11.9. The summed E-state index contributed by atoms with van der Waals surface area (Å²) in [6.45, 7) is 0.402. The van der Waals surface area contributed by atoms with E-state index in [-0.39, 0.29) is 17.4 Å². The van der Waals surface area contributed by atoms with E-state index in [2.05, 4.69) is 15.8 Å². The topological polar surface area (TPSA) is 64.4 Å². The maximum Gasteiger partial charge on any atom is 0.343 e. The normalized spacial score (nSPS) is 18.8. The number of aromatic nitrogens is 2. The van der Waals surface area contributed by atoms with Crippen molar-refractivity contribution in [3.63, 3.8) is 0 Å². The van der Waals surface area contributed by atoms with Gasteiger partial charge in [-0.1, -0.05) is 0 Å². The average Bonchev–Trinajstić information content (AvgIpc) is 2.91. The van der Waals surface area contributed by atoms with Crippen molar-refractivity contribution < 1.29 is 14.3 Å². The number of carbonyl (C=O) groups excluding carboxylic acids is 2. The summed E-state index contributed by atoms with van der Waals surface area (Å²) in [5.41, 5.74) is 0.269. The Labute approximate surface area is 105 Å². The molecule has 0 aromatic carbocycles. The summed E-state index contributed by atoms with van der Waals surface area (Å²) in [5, 5.41) is 3.99. The van der Waals surface area contributed by atoms with Crippen LogP contribution in [0.2, 0.25) is 0 Å². The fraction of sp³-hybridized carbons (Fsp3) is 0.417. The van der Waals surface area contributed by atoms with Gasteiger partial charge in [0, 0.05) is 25.9 Å². The second-order valence-corrected chi connectivity index (χ2v) is 4.07. The molecule has 0 spiro atoms. The van der Waals surface area contributed by atoms with E-state index < -0.39 is 5.97 Å². The Balaban J connectivity index is 2.40. The Morgan fingerprint density at radius 1 is 1.67 bits per heavy atom. The highest BCUT2D eigenvalue weighted by atomic mass is 16.5. The Kier molecular flexibility index (Phi) is 3.06. The van der Waals surface area contributed by atoms with Gasteiger partial charge < -0.3 is 4.74 Å². The number of aryl methyl sites for hydroxylation is 1. The highest BCUT2D eigenvalue weighted by Gasteiger charge is 2.34. The fourth-order valence-electron chi connectivity index (χ4n) is 2.03. The van der Waals surface area contributed by atoms with Gasteiger partial charge in [0.25, 0.3) is 0 Å². The first kappa shape index (κ1) is 12.2. The third-order valence-corrected chi connectivity index (χ3v) is 2.93. The van der Waals surface area contributed by atoms with Crippen LogP contribution in [0, 0.1) is 18.3 Å². The van der Waals surface area contributed by atoms with Crippen LogP contribution in [0.1, 0.15) is 16.8 Å². The number of anilines is 1. The quantitative estimate of drug-likeness (QED) is 0.553. The molecule has 0 saturated carbocycles. The molecule has 6 heteroatoms. The molecular formula is C12H13N3O3. The predicted molar refractivity (Wildman–Crippen MR) is 63.8 cm³/mol. The summed E-state index contributed by atoms with van der Waals surface area (Å²) in [4.78, 5) is 25.0. The number of rotatable bonds is 2. The van der Waals surface area contributed by atoms with Crippen molar-refractivity contribution in [2.45, 2.75) is 6.42 Å². The lowest BCUT2D eigenvalue weighted by Gasteiger charge is -2.17. The molecule has 1 aromatic rings. The highest BCUT2D eigenvalue weighted by molar-refractivity contribution is 6.02. The second-order valence-electron chi connectivity index (χ2n) is 4.07. The molecule has 1 saturated heterocycles. The van der Waals surface area contributed by atoms with Crippen LogP contribution in [0.15, 0.2) is 6.20 Å². The van der Waals surface area contributed by atoms with Gasteiger partial charge in [0.2, 0.25) is 5.91 Å². The van der Waals surface area contributed by atoms with Gasteiger partial charge in [0.05, 0.1) is 13.3 Å². The zero-order chi connectivity index (χ0) is 13.3. The molecule has 1 unspecified atom stereocenters. The van der Waals surface area contributed by atoms with Crippen molar-refractivity contribution in [2.24, 2.45) is 13.0 Å². The molecule has 2 rings (SSSR count). The van der Waals surface area contributed by atoms with Gasteiger partial charge in [0.1, 0.15) is 11.4 Å². The molecule has 0 radical (unpaired) electrons. The Morgan fingerprint density at radius 2 is 2.39 bits per heavy atom. The van der Waals surface area contributed by atoms with Crippen LogP contribution < -0.4 is 4.90 Å². The molecule has 1 aromatic heterocycles. The van der Waals surface area contributed by atoms with E-state index >= 15 is 0 Å². The molecule has 1 atom stereocenters. The summed E-state index contributed by atoms with van der Waals surface area (Å²) in [6, 6.07) is 0. The molecule has 1 amide bonds. The molecule has 0 N–H and O–H groups in total. The maximum absolute atomic E-state index is 11.9. The summed E-state index contributed by atoms with van der Waals surface area (Å²) in [5.74, 6) is 2.24. The van der Waals surface area contributed by atoms with Gasteiger partial charge in [-0.2, -0.15) is 5.10 Å². The number of hydrogen-bond donors (Lipinski definition) is 0. The van der Waals surface area contributed by atoms with Crippen LogP contribution in [-0.2, 0) is 16.6 Å². The van der Waals surface area contributed by atoms with Gasteiger partial charge >= 0.3 is 5.97 Å². The number of methoxy groups -OCH3 is 1. The summed E-state index contributed by atoms with van der Waals surface area (Å²) >= 11 is 0. The number of terminal acetylenes is 1. The van der Waals surface area contributed by atoms with Gasteiger partial charge in [-0.25, -0.2) is 4.79 Å².